The van der Waals surface area contributed by atoms with Crippen LogP contribution in [0.25, 0.3) is 0 Å². The van der Waals surface area contributed by atoms with E-state index < -0.39 is 0 Å². The Balaban J connectivity index is 1.88. The van der Waals surface area contributed by atoms with Gasteiger partial charge in [-0.15, -0.1) is 0 Å². The summed E-state index contributed by atoms with van der Waals surface area (Å²) in [6.45, 7) is 5.06. The number of carbonyl (C=O) groups excluding carboxylic acids is 1. The number of benzene rings is 1. The van der Waals surface area contributed by atoms with Crippen LogP contribution in [-0.4, -0.2) is 17.4 Å². The monoisotopic (exact) mass is 283 g/mol. The molecule has 2 rings (SSSR count). The van der Waals surface area contributed by atoms with Gasteiger partial charge in [-0.25, -0.2) is 4.98 Å². The Hall–Kier alpha value is -2.36. The van der Waals surface area contributed by atoms with E-state index in [1.807, 2.05) is 43.3 Å². The molecule has 2 aromatic rings. The summed E-state index contributed by atoms with van der Waals surface area (Å²) in [5.41, 5.74) is 3.16. The summed E-state index contributed by atoms with van der Waals surface area (Å²) in [6, 6.07) is 11.7. The van der Waals surface area contributed by atoms with Gasteiger partial charge in [0.1, 0.15) is 5.82 Å². The molecule has 110 valence electrons. The molecule has 1 aromatic carbocycles. The Bertz CT molecular complexity index is 576. The van der Waals surface area contributed by atoms with Gasteiger partial charge in [0.05, 0.1) is 18.3 Å². The molecule has 4 nitrogen and oxygen atoms in total. The number of hydrogen-bond donors (Lipinski definition) is 2. The largest absolute Gasteiger partial charge is 0.384 e. The van der Waals surface area contributed by atoms with Crippen LogP contribution in [0, 0.1) is 6.92 Å². The summed E-state index contributed by atoms with van der Waals surface area (Å²) >= 11 is 0. The van der Waals surface area contributed by atoms with Crippen LogP contribution in [0.3, 0.4) is 0 Å². The Morgan fingerprint density at radius 1 is 1.14 bits per heavy atom. The average molecular weight is 283 g/mol. The summed E-state index contributed by atoms with van der Waals surface area (Å²) in [5, 5.41) is 6.06. The normalized spacial score (nSPS) is 10.2. The van der Waals surface area contributed by atoms with E-state index in [9.17, 15) is 4.79 Å². The SMILES string of the molecule is CCCNc1ccc(NC(=O)Cc2ccc(C)cc2)nc1. The van der Waals surface area contributed by atoms with Gasteiger partial charge in [0, 0.05) is 6.54 Å². The molecule has 1 heterocycles. The lowest BCUT2D eigenvalue weighted by Gasteiger charge is -2.07. The first kappa shape index (κ1) is 15.0. The summed E-state index contributed by atoms with van der Waals surface area (Å²) in [6.07, 6.45) is 3.16. The van der Waals surface area contributed by atoms with Crippen molar-refractivity contribution in [2.45, 2.75) is 26.7 Å². The van der Waals surface area contributed by atoms with Crippen molar-refractivity contribution in [3.05, 3.63) is 53.7 Å². The predicted octanol–water partition coefficient (Wildman–Crippen LogP) is 3.39. The molecule has 0 atom stereocenters. The Kier molecular flexibility index (Phi) is 5.32. The fraction of sp³-hybridized carbons (Fsp3) is 0.294. The number of carbonyl (C=O) groups is 1. The minimum Gasteiger partial charge on any atom is -0.384 e. The third kappa shape index (κ3) is 4.91. The molecule has 0 spiro atoms. The van der Waals surface area contributed by atoms with E-state index in [2.05, 4.69) is 22.5 Å². The number of anilines is 2. The van der Waals surface area contributed by atoms with Gasteiger partial charge in [-0.05, 0) is 31.0 Å². The number of hydrogen-bond acceptors (Lipinski definition) is 3. The Morgan fingerprint density at radius 2 is 1.90 bits per heavy atom. The van der Waals surface area contributed by atoms with E-state index in [-0.39, 0.29) is 5.91 Å². The third-order valence-electron chi connectivity index (χ3n) is 3.10. The average Bonchev–Trinajstić information content (AvgIpc) is 2.49. The number of rotatable bonds is 6. The first-order chi connectivity index (χ1) is 10.2. The lowest BCUT2D eigenvalue weighted by atomic mass is 10.1. The molecular weight excluding hydrogens is 262 g/mol. The second-order valence-electron chi connectivity index (χ2n) is 5.07. The van der Waals surface area contributed by atoms with Crippen LogP contribution in [0.1, 0.15) is 24.5 Å². The fourth-order valence-electron chi connectivity index (χ4n) is 1.92. The van der Waals surface area contributed by atoms with Gasteiger partial charge in [0.25, 0.3) is 0 Å². The van der Waals surface area contributed by atoms with Crippen LogP contribution in [0.2, 0.25) is 0 Å². The molecule has 0 radical (unpaired) electrons. The highest BCUT2D eigenvalue weighted by Gasteiger charge is 2.05. The quantitative estimate of drug-likeness (QED) is 0.854. The maximum Gasteiger partial charge on any atom is 0.229 e. The molecule has 21 heavy (non-hydrogen) atoms. The van der Waals surface area contributed by atoms with Gasteiger partial charge in [-0.1, -0.05) is 36.8 Å². The zero-order valence-corrected chi connectivity index (χ0v) is 12.5. The zero-order valence-electron chi connectivity index (χ0n) is 12.5. The van der Waals surface area contributed by atoms with Crippen LogP contribution in [0.5, 0.6) is 0 Å². The Labute approximate surface area is 125 Å². The number of aryl methyl sites for hydroxylation is 1. The van der Waals surface area contributed by atoms with Crippen LogP contribution in [0.15, 0.2) is 42.6 Å². The Morgan fingerprint density at radius 3 is 2.52 bits per heavy atom. The smallest absolute Gasteiger partial charge is 0.229 e. The summed E-state index contributed by atoms with van der Waals surface area (Å²) < 4.78 is 0. The standard InChI is InChI=1S/C17H21N3O/c1-3-10-18-15-8-9-16(19-12-15)20-17(21)11-14-6-4-13(2)5-7-14/h4-9,12,18H,3,10-11H2,1-2H3,(H,19,20,21). The summed E-state index contributed by atoms with van der Waals surface area (Å²) in [5.74, 6) is 0.523. The number of amides is 1. The van der Waals surface area contributed by atoms with Gasteiger partial charge in [-0.3, -0.25) is 4.79 Å². The fourth-order valence-corrected chi connectivity index (χ4v) is 1.92. The second-order valence-corrected chi connectivity index (χ2v) is 5.07. The van der Waals surface area contributed by atoms with E-state index in [4.69, 9.17) is 0 Å². The highest BCUT2D eigenvalue weighted by Crippen LogP contribution is 2.10. The molecule has 1 amide bonds. The first-order valence-corrected chi connectivity index (χ1v) is 7.22. The molecular formula is C17H21N3O. The van der Waals surface area contributed by atoms with Crippen molar-refractivity contribution in [1.82, 2.24) is 4.98 Å². The van der Waals surface area contributed by atoms with Crippen molar-refractivity contribution in [2.75, 3.05) is 17.2 Å². The van der Waals surface area contributed by atoms with E-state index in [0.29, 0.717) is 12.2 Å². The van der Waals surface area contributed by atoms with Gasteiger partial charge in [-0.2, -0.15) is 0 Å². The highest BCUT2D eigenvalue weighted by atomic mass is 16.1. The highest BCUT2D eigenvalue weighted by molar-refractivity contribution is 5.91. The zero-order chi connectivity index (χ0) is 15.1. The van der Waals surface area contributed by atoms with Gasteiger partial charge in [0.15, 0.2) is 0 Å². The van der Waals surface area contributed by atoms with Crippen molar-refractivity contribution >= 4 is 17.4 Å². The molecule has 0 aliphatic heterocycles. The minimum atomic E-state index is -0.0550. The lowest BCUT2D eigenvalue weighted by molar-refractivity contribution is -0.115. The van der Waals surface area contributed by atoms with Crippen LogP contribution in [-0.2, 0) is 11.2 Å². The van der Waals surface area contributed by atoms with Crippen molar-refractivity contribution in [3.8, 4) is 0 Å². The molecule has 0 bridgehead atoms. The predicted molar refractivity (Wildman–Crippen MR) is 86.5 cm³/mol. The van der Waals surface area contributed by atoms with Crippen LogP contribution >= 0.6 is 0 Å². The van der Waals surface area contributed by atoms with Gasteiger partial charge in [0.2, 0.25) is 5.91 Å². The molecule has 0 fully saturated rings. The van der Waals surface area contributed by atoms with Crippen molar-refractivity contribution in [1.29, 1.82) is 0 Å². The number of aromatic nitrogens is 1. The molecule has 0 aliphatic carbocycles. The van der Waals surface area contributed by atoms with E-state index >= 15 is 0 Å². The lowest BCUT2D eigenvalue weighted by Crippen LogP contribution is -2.15. The van der Waals surface area contributed by atoms with Gasteiger partial charge >= 0.3 is 0 Å². The van der Waals surface area contributed by atoms with Crippen LogP contribution < -0.4 is 10.6 Å². The molecule has 0 aliphatic rings. The van der Waals surface area contributed by atoms with E-state index in [1.165, 1.54) is 5.56 Å². The second kappa shape index (κ2) is 7.43. The van der Waals surface area contributed by atoms with Crippen molar-refractivity contribution in [2.24, 2.45) is 0 Å². The molecule has 0 saturated carbocycles. The maximum absolute atomic E-state index is 12.0. The molecule has 1 aromatic heterocycles. The molecule has 0 saturated heterocycles. The topological polar surface area (TPSA) is 54.0 Å². The summed E-state index contributed by atoms with van der Waals surface area (Å²) in [4.78, 5) is 16.2. The molecule has 0 unspecified atom stereocenters. The number of nitrogens with zero attached hydrogens (tertiary/aromatic N) is 1. The van der Waals surface area contributed by atoms with E-state index in [0.717, 1.165) is 24.2 Å². The summed E-state index contributed by atoms with van der Waals surface area (Å²) in [7, 11) is 0. The number of pyridine rings is 1. The van der Waals surface area contributed by atoms with Crippen LogP contribution in [0.4, 0.5) is 11.5 Å². The number of nitrogens with one attached hydrogen (secondary N) is 2. The van der Waals surface area contributed by atoms with Gasteiger partial charge < -0.3 is 10.6 Å². The van der Waals surface area contributed by atoms with Crippen molar-refractivity contribution in [3.63, 3.8) is 0 Å². The molecule has 2 N–H and O–H groups in total. The maximum atomic E-state index is 12.0. The minimum absolute atomic E-state index is 0.0550. The van der Waals surface area contributed by atoms with Crippen molar-refractivity contribution < 1.29 is 4.79 Å². The van der Waals surface area contributed by atoms with E-state index in [1.54, 1.807) is 6.20 Å². The third-order valence-corrected chi connectivity index (χ3v) is 3.10. The molecule has 4 heteroatoms. The first-order valence-electron chi connectivity index (χ1n) is 7.22.